The molecule has 4 rings (SSSR count). The van der Waals surface area contributed by atoms with Crippen molar-refractivity contribution < 1.29 is 10.2 Å². The summed E-state index contributed by atoms with van der Waals surface area (Å²) < 4.78 is 0. The van der Waals surface area contributed by atoms with Crippen molar-refractivity contribution in [3.63, 3.8) is 0 Å². The second-order valence-electron chi connectivity index (χ2n) is 8.09. The Kier molecular flexibility index (Phi) is 7.63. The minimum Gasteiger partial charge on any atom is -0.387 e. The van der Waals surface area contributed by atoms with E-state index in [4.69, 9.17) is 0 Å². The molecule has 2 aromatic carbocycles. The van der Waals surface area contributed by atoms with Crippen LogP contribution >= 0.6 is 0 Å². The highest BCUT2D eigenvalue weighted by molar-refractivity contribution is 5.20. The third kappa shape index (κ3) is 5.21. The molecule has 2 heterocycles. The fourth-order valence-electron chi connectivity index (χ4n) is 4.41. The molecule has 0 spiro atoms. The Hall–Kier alpha value is -1.72. The summed E-state index contributed by atoms with van der Waals surface area (Å²) in [7, 11) is 4.17. The van der Waals surface area contributed by atoms with Crippen LogP contribution in [0.5, 0.6) is 0 Å². The second-order valence-corrected chi connectivity index (χ2v) is 8.09. The van der Waals surface area contributed by atoms with Gasteiger partial charge in [0.1, 0.15) is 0 Å². The van der Waals surface area contributed by atoms with Crippen molar-refractivity contribution in [1.29, 1.82) is 0 Å². The van der Waals surface area contributed by atoms with Gasteiger partial charge in [-0.25, -0.2) is 0 Å². The van der Waals surface area contributed by atoms with E-state index in [-0.39, 0.29) is 12.2 Å². The Balaban J connectivity index is 0.000000161. The molecular weight excluding hydrogens is 348 g/mol. The van der Waals surface area contributed by atoms with Gasteiger partial charge < -0.3 is 20.0 Å². The summed E-state index contributed by atoms with van der Waals surface area (Å²) in [5.74, 6) is 0. The van der Waals surface area contributed by atoms with Crippen LogP contribution in [0.2, 0.25) is 0 Å². The zero-order chi connectivity index (χ0) is 19.9. The van der Waals surface area contributed by atoms with E-state index in [0.717, 1.165) is 37.1 Å². The van der Waals surface area contributed by atoms with E-state index in [0.29, 0.717) is 12.1 Å². The first-order valence-electron chi connectivity index (χ1n) is 10.4. The van der Waals surface area contributed by atoms with Gasteiger partial charge in [0.25, 0.3) is 0 Å². The fourth-order valence-corrected chi connectivity index (χ4v) is 4.41. The summed E-state index contributed by atoms with van der Waals surface area (Å²) >= 11 is 0. The molecule has 152 valence electrons. The molecule has 28 heavy (non-hydrogen) atoms. The molecule has 0 amide bonds. The van der Waals surface area contributed by atoms with Crippen molar-refractivity contribution >= 4 is 0 Å². The molecule has 2 aliphatic rings. The van der Waals surface area contributed by atoms with Crippen LogP contribution in [0.3, 0.4) is 0 Å². The maximum Gasteiger partial charge on any atom is 0.0945 e. The van der Waals surface area contributed by atoms with Crippen LogP contribution in [0, 0.1) is 0 Å². The number of likely N-dealkylation sites (tertiary alicyclic amines) is 2. The van der Waals surface area contributed by atoms with Gasteiger partial charge >= 0.3 is 0 Å². The second kappa shape index (κ2) is 10.2. The van der Waals surface area contributed by atoms with Gasteiger partial charge in [-0.1, -0.05) is 60.7 Å². The predicted molar refractivity (Wildman–Crippen MR) is 114 cm³/mol. The molecule has 2 saturated heterocycles. The summed E-state index contributed by atoms with van der Waals surface area (Å²) in [5.41, 5.74) is 2.07. The molecule has 2 N–H and O–H groups in total. The molecule has 0 radical (unpaired) electrons. The van der Waals surface area contributed by atoms with E-state index in [2.05, 4.69) is 23.9 Å². The lowest BCUT2D eigenvalue weighted by Crippen LogP contribution is -2.30. The lowest BCUT2D eigenvalue weighted by Gasteiger charge is -2.25. The summed E-state index contributed by atoms with van der Waals surface area (Å²) in [4.78, 5) is 4.50. The van der Waals surface area contributed by atoms with Crippen LogP contribution in [-0.2, 0) is 0 Å². The Morgan fingerprint density at radius 1 is 0.679 bits per heavy atom. The Morgan fingerprint density at radius 2 is 1.04 bits per heavy atom. The monoisotopic (exact) mass is 382 g/mol. The van der Waals surface area contributed by atoms with Gasteiger partial charge in [0.2, 0.25) is 0 Å². The maximum absolute atomic E-state index is 10.1. The number of rotatable bonds is 4. The lowest BCUT2D eigenvalue weighted by molar-refractivity contribution is 0.0855. The number of benzene rings is 2. The number of likely N-dealkylation sites (N-methyl/N-ethyl adjacent to an activating group) is 2. The topological polar surface area (TPSA) is 46.9 Å². The molecule has 0 bridgehead atoms. The van der Waals surface area contributed by atoms with E-state index >= 15 is 0 Å². The number of aliphatic hydroxyl groups excluding tert-OH is 2. The van der Waals surface area contributed by atoms with Crippen molar-refractivity contribution in [3.8, 4) is 0 Å². The molecular formula is C24H34N2O2. The average molecular weight is 383 g/mol. The number of hydrogen-bond donors (Lipinski definition) is 2. The Labute approximate surface area is 169 Å². The van der Waals surface area contributed by atoms with Crippen molar-refractivity contribution in [2.75, 3.05) is 27.2 Å². The third-order valence-corrected chi connectivity index (χ3v) is 6.16. The SMILES string of the molecule is CN1CCC[C@@H]1[C@@H](O)c1ccccc1.CN1CCC[C@H]1[C@H](O)c1ccccc1. The first kappa shape index (κ1) is 21.0. The standard InChI is InChI=1S/2C12H17NO/c2*1-13-9-5-8-11(13)12(14)10-6-3-2-4-7-10/h2*2-4,6-7,11-12,14H,5,8-9H2,1H3/t2*11-,12+/m10/s1. The third-order valence-electron chi connectivity index (χ3n) is 6.16. The highest BCUT2D eigenvalue weighted by Crippen LogP contribution is 2.28. The number of aliphatic hydroxyl groups is 2. The summed E-state index contributed by atoms with van der Waals surface area (Å²) in [6.45, 7) is 2.21. The molecule has 2 fully saturated rings. The van der Waals surface area contributed by atoms with Gasteiger partial charge in [0, 0.05) is 12.1 Å². The first-order chi connectivity index (χ1) is 13.6. The van der Waals surface area contributed by atoms with Crippen molar-refractivity contribution in [3.05, 3.63) is 71.8 Å². The molecule has 0 aliphatic carbocycles. The minimum atomic E-state index is -0.330. The quantitative estimate of drug-likeness (QED) is 0.848. The summed E-state index contributed by atoms with van der Waals surface area (Å²) in [6.07, 6.45) is 3.95. The summed E-state index contributed by atoms with van der Waals surface area (Å²) in [6, 6.07) is 20.5. The van der Waals surface area contributed by atoms with Crippen molar-refractivity contribution in [2.45, 2.75) is 50.0 Å². The first-order valence-corrected chi connectivity index (χ1v) is 10.4. The van der Waals surface area contributed by atoms with E-state index < -0.39 is 0 Å². The molecule has 4 heteroatoms. The molecule has 0 saturated carbocycles. The normalized spacial score (nSPS) is 25.1. The van der Waals surface area contributed by atoms with Gasteiger partial charge in [-0.05, 0) is 64.0 Å². The molecule has 2 aliphatic heterocycles. The Bertz CT molecular complexity index is 633. The van der Waals surface area contributed by atoms with Crippen LogP contribution in [0.15, 0.2) is 60.7 Å². The van der Waals surface area contributed by atoms with Gasteiger partial charge in [-0.2, -0.15) is 0 Å². The zero-order valence-corrected chi connectivity index (χ0v) is 17.1. The van der Waals surface area contributed by atoms with E-state index in [9.17, 15) is 10.2 Å². The molecule has 2 aromatic rings. The highest BCUT2D eigenvalue weighted by atomic mass is 16.3. The van der Waals surface area contributed by atoms with Crippen LogP contribution < -0.4 is 0 Å². The van der Waals surface area contributed by atoms with Gasteiger partial charge in [0.15, 0.2) is 0 Å². The van der Waals surface area contributed by atoms with Crippen molar-refractivity contribution in [1.82, 2.24) is 9.80 Å². The number of nitrogens with zero attached hydrogens (tertiary/aromatic N) is 2. The van der Waals surface area contributed by atoms with Crippen LogP contribution in [0.1, 0.15) is 49.0 Å². The smallest absolute Gasteiger partial charge is 0.0945 e. The van der Waals surface area contributed by atoms with E-state index in [1.807, 2.05) is 60.7 Å². The molecule has 4 nitrogen and oxygen atoms in total. The van der Waals surface area contributed by atoms with E-state index in [1.54, 1.807) is 0 Å². The fraction of sp³-hybridized carbons (Fsp3) is 0.500. The molecule has 4 atom stereocenters. The van der Waals surface area contributed by atoms with Crippen LogP contribution in [-0.4, -0.2) is 59.3 Å². The molecule has 0 aromatic heterocycles. The largest absolute Gasteiger partial charge is 0.387 e. The van der Waals surface area contributed by atoms with Gasteiger partial charge in [-0.3, -0.25) is 0 Å². The Morgan fingerprint density at radius 3 is 1.32 bits per heavy atom. The van der Waals surface area contributed by atoms with E-state index in [1.165, 1.54) is 12.8 Å². The maximum atomic E-state index is 10.1. The zero-order valence-electron chi connectivity index (χ0n) is 17.1. The van der Waals surface area contributed by atoms with Gasteiger partial charge in [0.05, 0.1) is 12.2 Å². The summed E-state index contributed by atoms with van der Waals surface area (Å²) in [5, 5.41) is 20.3. The molecule has 0 unspecified atom stereocenters. The average Bonchev–Trinajstić information content (AvgIpc) is 3.37. The van der Waals surface area contributed by atoms with Gasteiger partial charge in [-0.15, -0.1) is 0 Å². The van der Waals surface area contributed by atoms with Crippen molar-refractivity contribution in [2.24, 2.45) is 0 Å². The predicted octanol–water partition coefficient (Wildman–Crippen LogP) is 3.63. The van der Waals surface area contributed by atoms with Crippen LogP contribution in [0.25, 0.3) is 0 Å². The number of hydrogen-bond acceptors (Lipinski definition) is 4. The lowest BCUT2D eigenvalue weighted by atomic mass is 10.0. The van der Waals surface area contributed by atoms with Crippen LogP contribution in [0.4, 0.5) is 0 Å². The highest BCUT2D eigenvalue weighted by Gasteiger charge is 2.29. The minimum absolute atomic E-state index is 0.303.